The first-order valence-corrected chi connectivity index (χ1v) is 8.08. The summed E-state index contributed by atoms with van der Waals surface area (Å²) in [5.74, 6) is -4.27. The van der Waals surface area contributed by atoms with Gasteiger partial charge in [0.15, 0.2) is 0 Å². The van der Waals surface area contributed by atoms with Gasteiger partial charge >= 0.3 is 5.97 Å². The summed E-state index contributed by atoms with van der Waals surface area (Å²) in [6, 6.07) is 13.2. The zero-order valence-corrected chi connectivity index (χ0v) is 14.0. The number of carbonyl (C=O) groups excluding carboxylic acids is 1. The third-order valence-corrected chi connectivity index (χ3v) is 3.89. The van der Waals surface area contributed by atoms with E-state index in [2.05, 4.69) is 5.32 Å². The van der Waals surface area contributed by atoms with Gasteiger partial charge in [-0.3, -0.25) is 4.79 Å². The van der Waals surface area contributed by atoms with Crippen molar-refractivity contribution in [2.24, 2.45) is 0 Å². The molecule has 2 aromatic rings. The van der Waals surface area contributed by atoms with E-state index in [1.54, 1.807) is 6.07 Å². The predicted octanol–water partition coefficient (Wildman–Crippen LogP) is 4.25. The summed E-state index contributed by atoms with van der Waals surface area (Å²) in [5.41, 5.74) is 0.757. The van der Waals surface area contributed by atoms with Crippen LogP contribution in [0.1, 0.15) is 15.9 Å². The van der Waals surface area contributed by atoms with Crippen LogP contribution in [-0.2, 0) is 4.79 Å². The number of hydrogen-bond donors (Lipinski definition) is 2. The van der Waals surface area contributed by atoms with E-state index in [0.717, 1.165) is 0 Å². The largest absolute Gasteiger partial charge is 0.478 e. The number of amides is 1. The lowest BCUT2D eigenvalue weighted by molar-refractivity contribution is -0.112. The molecule has 0 unspecified atom stereocenters. The minimum atomic E-state index is -2.53. The van der Waals surface area contributed by atoms with E-state index in [0.29, 0.717) is 27.9 Å². The summed E-state index contributed by atoms with van der Waals surface area (Å²) >= 11 is 0.390. The highest BCUT2D eigenvalue weighted by molar-refractivity contribution is 7.99. The SMILES string of the molecule is N#CC(=Cc1ccc(C(=O)O)cc1)C(=O)Nc1ccc(SC(F)F)cc1. The molecule has 0 aromatic heterocycles. The minimum absolute atomic E-state index is 0.0897. The Morgan fingerprint density at radius 3 is 2.23 bits per heavy atom. The van der Waals surface area contributed by atoms with Crippen molar-refractivity contribution in [3.8, 4) is 6.07 Å². The Morgan fingerprint density at radius 2 is 1.73 bits per heavy atom. The lowest BCUT2D eigenvalue weighted by Gasteiger charge is -2.06. The number of anilines is 1. The summed E-state index contributed by atoms with van der Waals surface area (Å²) in [4.78, 5) is 23.3. The van der Waals surface area contributed by atoms with Gasteiger partial charge in [0.05, 0.1) is 5.56 Å². The molecule has 0 aliphatic carbocycles. The molecule has 132 valence electrons. The summed E-state index contributed by atoms with van der Waals surface area (Å²) < 4.78 is 24.6. The van der Waals surface area contributed by atoms with Crippen LogP contribution in [0.3, 0.4) is 0 Å². The Morgan fingerprint density at radius 1 is 1.12 bits per heavy atom. The smallest absolute Gasteiger partial charge is 0.335 e. The molecule has 1 amide bonds. The maximum atomic E-state index is 12.3. The van der Waals surface area contributed by atoms with Gasteiger partial charge in [-0.15, -0.1) is 0 Å². The number of carboxylic acids is 1. The molecule has 0 atom stereocenters. The third-order valence-electron chi connectivity index (χ3n) is 3.17. The van der Waals surface area contributed by atoms with E-state index in [1.807, 2.05) is 0 Å². The van der Waals surface area contributed by atoms with Gasteiger partial charge in [0.2, 0.25) is 0 Å². The summed E-state index contributed by atoms with van der Waals surface area (Å²) in [6.45, 7) is 0. The number of nitrogens with one attached hydrogen (secondary N) is 1. The minimum Gasteiger partial charge on any atom is -0.478 e. The van der Waals surface area contributed by atoms with E-state index >= 15 is 0 Å². The molecular formula is C18H12F2N2O3S. The van der Waals surface area contributed by atoms with Gasteiger partial charge in [-0.25, -0.2) is 4.79 Å². The maximum Gasteiger partial charge on any atom is 0.335 e. The Balaban J connectivity index is 2.10. The quantitative estimate of drug-likeness (QED) is 0.448. The number of carbonyl (C=O) groups is 2. The summed E-state index contributed by atoms with van der Waals surface area (Å²) in [7, 11) is 0. The van der Waals surface area contributed by atoms with Crippen molar-refractivity contribution in [3.63, 3.8) is 0 Å². The molecule has 0 saturated heterocycles. The Bertz CT molecular complexity index is 873. The molecule has 0 aliphatic rings. The molecule has 8 heteroatoms. The molecule has 26 heavy (non-hydrogen) atoms. The number of hydrogen-bond acceptors (Lipinski definition) is 4. The first kappa shape index (κ1) is 19.1. The van der Waals surface area contributed by atoms with Crippen LogP contribution in [-0.4, -0.2) is 22.7 Å². The number of rotatable bonds is 6. The maximum absolute atomic E-state index is 12.3. The first-order chi connectivity index (χ1) is 12.4. The fourth-order valence-electron chi connectivity index (χ4n) is 1.96. The van der Waals surface area contributed by atoms with E-state index in [9.17, 15) is 18.4 Å². The normalized spacial score (nSPS) is 11.1. The van der Waals surface area contributed by atoms with Gasteiger partial charge in [0.1, 0.15) is 11.6 Å². The van der Waals surface area contributed by atoms with Gasteiger partial charge in [0.25, 0.3) is 11.7 Å². The molecule has 0 fully saturated rings. The molecule has 2 aromatic carbocycles. The Labute approximate surface area is 152 Å². The number of halogens is 2. The van der Waals surface area contributed by atoms with Gasteiger partial charge in [0, 0.05) is 10.6 Å². The molecule has 0 radical (unpaired) electrons. The van der Waals surface area contributed by atoms with Crippen LogP contribution >= 0.6 is 11.8 Å². The number of thioether (sulfide) groups is 1. The number of carboxylic acid groups (broad SMARTS) is 1. The van der Waals surface area contributed by atoms with Crippen molar-refractivity contribution >= 4 is 35.4 Å². The summed E-state index contributed by atoms with van der Waals surface area (Å²) in [6.07, 6.45) is 1.32. The van der Waals surface area contributed by atoms with Crippen LogP contribution in [0, 0.1) is 11.3 Å². The van der Waals surface area contributed by atoms with E-state index in [4.69, 9.17) is 10.4 Å². The van der Waals surface area contributed by atoms with Crippen LogP contribution in [0.15, 0.2) is 59.0 Å². The molecule has 2 rings (SSSR count). The van der Waals surface area contributed by atoms with Crippen molar-refractivity contribution in [1.29, 1.82) is 5.26 Å². The van der Waals surface area contributed by atoms with Crippen LogP contribution in [0.25, 0.3) is 6.08 Å². The topological polar surface area (TPSA) is 90.2 Å². The molecule has 0 saturated carbocycles. The van der Waals surface area contributed by atoms with Crippen LogP contribution in [0.2, 0.25) is 0 Å². The van der Waals surface area contributed by atoms with Crippen molar-refractivity contribution in [2.45, 2.75) is 10.7 Å². The van der Waals surface area contributed by atoms with Crippen LogP contribution in [0.5, 0.6) is 0 Å². The van der Waals surface area contributed by atoms with Crippen molar-refractivity contribution in [2.75, 3.05) is 5.32 Å². The first-order valence-electron chi connectivity index (χ1n) is 7.20. The van der Waals surface area contributed by atoms with Crippen LogP contribution in [0.4, 0.5) is 14.5 Å². The monoisotopic (exact) mass is 374 g/mol. The highest BCUT2D eigenvalue weighted by Crippen LogP contribution is 2.26. The second kappa shape index (κ2) is 8.78. The predicted molar refractivity (Wildman–Crippen MR) is 93.9 cm³/mol. The molecule has 2 N–H and O–H groups in total. The van der Waals surface area contributed by atoms with Gasteiger partial charge in [-0.2, -0.15) is 14.0 Å². The lowest BCUT2D eigenvalue weighted by Crippen LogP contribution is -2.13. The number of benzene rings is 2. The Hall–Kier alpha value is -3.18. The molecule has 0 heterocycles. The number of nitriles is 1. The fourth-order valence-corrected chi connectivity index (χ4v) is 2.45. The second-order valence-electron chi connectivity index (χ2n) is 4.95. The number of aromatic carboxylic acids is 1. The summed E-state index contributed by atoms with van der Waals surface area (Å²) in [5, 5.41) is 20.5. The lowest BCUT2D eigenvalue weighted by atomic mass is 10.1. The molecule has 0 bridgehead atoms. The Kier molecular flexibility index (Phi) is 6.47. The molecule has 0 spiro atoms. The highest BCUT2D eigenvalue weighted by Gasteiger charge is 2.11. The van der Waals surface area contributed by atoms with Gasteiger partial charge in [-0.05, 0) is 48.0 Å². The average Bonchev–Trinajstić information content (AvgIpc) is 2.61. The van der Waals surface area contributed by atoms with E-state index in [1.165, 1.54) is 54.6 Å². The molecule has 5 nitrogen and oxygen atoms in total. The average molecular weight is 374 g/mol. The van der Waals surface area contributed by atoms with Gasteiger partial charge in [-0.1, -0.05) is 23.9 Å². The second-order valence-corrected chi connectivity index (χ2v) is 6.02. The zero-order valence-electron chi connectivity index (χ0n) is 13.1. The van der Waals surface area contributed by atoms with Crippen molar-refractivity contribution in [3.05, 3.63) is 65.2 Å². The van der Waals surface area contributed by atoms with E-state index < -0.39 is 17.6 Å². The third kappa shape index (κ3) is 5.43. The number of nitrogens with zero attached hydrogens (tertiary/aromatic N) is 1. The standard InChI is InChI=1S/C18H12F2N2O3S/c19-18(20)26-15-7-5-14(6-8-15)22-16(23)13(10-21)9-11-1-3-12(4-2-11)17(24)25/h1-9,18H,(H,22,23)(H,24,25). The number of alkyl halides is 2. The highest BCUT2D eigenvalue weighted by atomic mass is 32.2. The molecular weight excluding hydrogens is 362 g/mol. The fraction of sp³-hybridized carbons (Fsp3) is 0.0556. The molecule has 0 aliphatic heterocycles. The van der Waals surface area contributed by atoms with E-state index in [-0.39, 0.29) is 11.1 Å². The van der Waals surface area contributed by atoms with Crippen molar-refractivity contribution < 1.29 is 23.5 Å². The van der Waals surface area contributed by atoms with Gasteiger partial charge < -0.3 is 10.4 Å². The van der Waals surface area contributed by atoms with Crippen molar-refractivity contribution in [1.82, 2.24) is 0 Å². The zero-order chi connectivity index (χ0) is 19.1. The van der Waals surface area contributed by atoms with Crippen LogP contribution < -0.4 is 5.32 Å².